The summed E-state index contributed by atoms with van der Waals surface area (Å²) in [5, 5.41) is 10.2. The lowest BCUT2D eigenvalue weighted by Crippen LogP contribution is -2.47. The molecule has 2 aromatic heterocycles. The van der Waals surface area contributed by atoms with Crippen LogP contribution in [-0.4, -0.2) is 22.8 Å². The summed E-state index contributed by atoms with van der Waals surface area (Å²) in [7, 11) is 0. The van der Waals surface area contributed by atoms with Crippen molar-refractivity contribution >= 4 is 39.6 Å². The first-order chi connectivity index (χ1) is 13.1. The molecule has 0 radical (unpaired) electrons. The fourth-order valence-corrected chi connectivity index (χ4v) is 4.04. The molecule has 0 bridgehead atoms. The Hall–Kier alpha value is -2.51. The van der Waals surface area contributed by atoms with Crippen molar-refractivity contribution in [1.82, 2.24) is 10.3 Å². The van der Waals surface area contributed by atoms with Gasteiger partial charge < -0.3 is 10.6 Å². The Morgan fingerprint density at radius 1 is 1.11 bits per heavy atom. The number of anilines is 1. The number of carbonyl (C=O) groups excluding carboxylic acids is 2. The number of nitrogens with zero attached hydrogens (tertiary/aromatic N) is 1. The van der Waals surface area contributed by atoms with E-state index in [2.05, 4.69) is 15.6 Å². The Kier molecular flexibility index (Phi) is 6.36. The summed E-state index contributed by atoms with van der Waals surface area (Å²) in [6, 6.07) is 12.2. The number of hydrogen-bond donors (Lipinski definition) is 2. The number of nitrogens with one attached hydrogen (secondary N) is 2. The van der Waals surface area contributed by atoms with Crippen LogP contribution in [0.3, 0.4) is 0 Å². The van der Waals surface area contributed by atoms with Gasteiger partial charge in [0.1, 0.15) is 6.04 Å². The molecule has 0 aliphatic rings. The van der Waals surface area contributed by atoms with E-state index in [1.165, 1.54) is 11.3 Å². The highest BCUT2D eigenvalue weighted by molar-refractivity contribution is 7.16. The second kappa shape index (κ2) is 8.92. The van der Waals surface area contributed by atoms with Gasteiger partial charge in [-0.3, -0.25) is 9.59 Å². The van der Waals surface area contributed by atoms with Crippen molar-refractivity contribution in [3.05, 3.63) is 58.8 Å². The van der Waals surface area contributed by atoms with E-state index in [0.717, 1.165) is 17.0 Å². The summed E-state index contributed by atoms with van der Waals surface area (Å²) < 4.78 is 0. The molecule has 0 fully saturated rings. The normalized spacial score (nSPS) is 13.0. The number of rotatable bonds is 7. The largest absolute Gasteiger partial charge is 0.340 e. The average Bonchev–Trinajstić information content (AvgIpc) is 3.37. The molecule has 0 aliphatic heterocycles. The van der Waals surface area contributed by atoms with Crippen molar-refractivity contribution in [2.75, 3.05) is 5.32 Å². The van der Waals surface area contributed by atoms with Gasteiger partial charge in [0.05, 0.1) is 10.6 Å². The Morgan fingerprint density at radius 2 is 1.89 bits per heavy atom. The maximum absolute atomic E-state index is 12.8. The van der Waals surface area contributed by atoms with E-state index in [-0.39, 0.29) is 17.7 Å². The number of hydrogen-bond acceptors (Lipinski definition) is 5. The number of carbonyl (C=O) groups is 2. The van der Waals surface area contributed by atoms with E-state index < -0.39 is 6.04 Å². The topological polar surface area (TPSA) is 71.1 Å². The molecule has 2 heterocycles. The van der Waals surface area contributed by atoms with Crippen LogP contribution in [0.4, 0.5) is 5.13 Å². The van der Waals surface area contributed by atoms with Crippen LogP contribution >= 0.6 is 22.7 Å². The van der Waals surface area contributed by atoms with Gasteiger partial charge >= 0.3 is 0 Å². The summed E-state index contributed by atoms with van der Waals surface area (Å²) in [6.45, 7) is 3.95. The van der Waals surface area contributed by atoms with E-state index in [1.54, 1.807) is 35.6 Å². The highest BCUT2D eigenvalue weighted by Gasteiger charge is 2.27. The first kappa shape index (κ1) is 19.3. The van der Waals surface area contributed by atoms with Crippen molar-refractivity contribution in [3.63, 3.8) is 0 Å². The third-order valence-corrected chi connectivity index (χ3v) is 5.98. The number of aromatic nitrogens is 1. The van der Waals surface area contributed by atoms with Gasteiger partial charge in [0.25, 0.3) is 5.91 Å². The molecule has 2 unspecified atom stereocenters. The second-order valence-corrected chi connectivity index (χ2v) is 8.01. The van der Waals surface area contributed by atoms with Crippen LogP contribution in [0, 0.1) is 5.92 Å². The predicted molar refractivity (Wildman–Crippen MR) is 111 cm³/mol. The molecule has 3 rings (SSSR count). The maximum atomic E-state index is 12.8. The van der Waals surface area contributed by atoms with E-state index >= 15 is 0 Å². The molecule has 7 heteroatoms. The number of thiophene rings is 1. The molecule has 27 heavy (non-hydrogen) atoms. The molecule has 2 atom stereocenters. The minimum absolute atomic E-state index is 0.00519. The van der Waals surface area contributed by atoms with Crippen molar-refractivity contribution in [3.8, 4) is 10.6 Å². The lowest BCUT2D eigenvalue weighted by atomic mass is 9.98. The van der Waals surface area contributed by atoms with Gasteiger partial charge in [-0.25, -0.2) is 4.98 Å². The number of thiazole rings is 1. The van der Waals surface area contributed by atoms with Crippen molar-refractivity contribution < 1.29 is 9.59 Å². The molecular formula is C20H21N3O2S2. The third-order valence-electron chi connectivity index (χ3n) is 4.33. The smallest absolute Gasteiger partial charge is 0.251 e. The lowest BCUT2D eigenvalue weighted by molar-refractivity contribution is -0.119. The van der Waals surface area contributed by atoms with Gasteiger partial charge in [0.2, 0.25) is 5.91 Å². The molecule has 2 amide bonds. The molecule has 1 aromatic carbocycles. The minimum atomic E-state index is -0.628. The van der Waals surface area contributed by atoms with Crippen molar-refractivity contribution in [1.29, 1.82) is 0 Å². The Bertz CT molecular complexity index is 891. The van der Waals surface area contributed by atoms with Crippen LogP contribution in [0.25, 0.3) is 10.6 Å². The standard InChI is InChI=1S/C20H21N3O2S2/c1-3-13(2)17(22-18(24)14-8-5-4-6-9-14)19(25)23-20-21-15(12-27-20)16-10-7-11-26-16/h4-13,17H,3H2,1-2H3,(H,22,24)(H,21,23,25). The van der Waals surface area contributed by atoms with E-state index in [4.69, 9.17) is 0 Å². The van der Waals surface area contributed by atoms with Gasteiger partial charge in [-0.2, -0.15) is 0 Å². The highest BCUT2D eigenvalue weighted by Crippen LogP contribution is 2.28. The molecule has 0 saturated heterocycles. The van der Waals surface area contributed by atoms with Crippen LogP contribution in [-0.2, 0) is 4.79 Å². The van der Waals surface area contributed by atoms with Crippen molar-refractivity contribution in [2.24, 2.45) is 5.92 Å². The monoisotopic (exact) mass is 399 g/mol. The van der Waals surface area contributed by atoms with E-state index in [9.17, 15) is 9.59 Å². The quantitative estimate of drug-likeness (QED) is 0.607. The van der Waals surface area contributed by atoms with Gasteiger partial charge in [-0.15, -0.1) is 22.7 Å². The average molecular weight is 400 g/mol. The summed E-state index contributed by atoms with van der Waals surface area (Å²) in [5.74, 6) is -0.510. The SMILES string of the molecule is CCC(C)C(NC(=O)c1ccccc1)C(=O)Nc1nc(-c2cccs2)cs1. The third kappa shape index (κ3) is 4.81. The summed E-state index contributed by atoms with van der Waals surface area (Å²) >= 11 is 2.98. The molecule has 0 aliphatic carbocycles. The first-order valence-corrected chi connectivity index (χ1v) is 10.5. The van der Waals surface area contributed by atoms with Crippen molar-refractivity contribution in [2.45, 2.75) is 26.3 Å². The van der Waals surface area contributed by atoms with E-state index in [0.29, 0.717) is 10.7 Å². The fraction of sp³-hybridized carbons (Fsp3) is 0.250. The Morgan fingerprint density at radius 3 is 2.56 bits per heavy atom. The van der Waals surface area contributed by atoms with Gasteiger partial charge in [0, 0.05) is 10.9 Å². The number of amides is 2. The van der Waals surface area contributed by atoms with Crippen LogP contribution in [0.5, 0.6) is 0 Å². The molecule has 3 aromatic rings. The van der Waals surface area contributed by atoms with Gasteiger partial charge in [-0.1, -0.05) is 44.5 Å². The van der Waals surface area contributed by atoms with Crippen LogP contribution in [0.1, 0.15) is 30.6 Å². The Labute approximate surface area is 166 Å². The van der Waals surface area contributed by atoms with Gasteiger partial charge in [-0.05, 0) is 29.5 Å². The van der Waals surface area contributed by atoms with E-state index in [1.807, 2.05) is 42.8 Å². The van der Waals surface area contributed by atoms with Crippen LogP contribution in [0.15, 0.2) is 53.2 Å². The molecule has 5 nitrogen and oxygen atoms in total. The van der Waals surface area contributed by atoms with Crippen LogP contribution in [0.2, 0.25) is 0 Å². The second-order valence-electron chi connectivity index (χ2n) is 6.21. The zero-order valence-electron chi connectivity index (χ0n) is 15.1. The summed E-state index contributed by atoms with van der Waals surface area (Å²) in [4.78, 5) is 30.8. The summed E-state index contributed by atoms with van der Waals surface area (Å²) in [6.07, 6.45) is 0.769. The van der Waals surface area contributed by atoms with Crippen LogP contribution < -0.4 is 10.6 Å². The molecule has 0 saturated carbocycles. The fourth-order valence-electron chi connectivity index (χ4n) is 2.57. The predicted octanol–water partition coefficient (Wildman–Crippen LogP) is 4.65. The Balaban J connectivity index is 1.71. The number of benzene rings is 1. The first-order valence-electron chi connectivity index (χ1n) is 8.74. The zero-order valence-corrected chi connectivity index (χ0v) is 16.8. The lowest BCUT2D eigenvalue weighted by Gasteiger charge is -2.23. The maximum Gasteiger partial charge on any atom is 0.251 e. The van der Waals surface area contributed by atoms with Gasteiger partial charge in [0.15, 0.2) is 5.13 Å². The highest BCUT2D eigenvalue weighted by atomic mass is 32.1. The molecular weight excluding hydrogens is 378 g/mol. The summed E-state index contributed by atoms with van der Waals surface area (Å²) in [5.41, 5.74) is 1.38. The minimum Gasteiger partial charge on any atom is -0.340 e. The molecule has 2 N–H and O–H groups in total. The molecule has 140 valence electrons. The zero-order chi connectivity index (χ0) is 19.2. The molecule has 0 spiro atoms.